The lowest BCUT2D eigenvalue weighted by molar-refractivity contribution is -0.114. The fourth-order valence-corrected chi connectivity index (χ4v) is 0.744. The zero-order chi connectivity index (χ0) is 7.65. The predicted octanol–water partition coefficient (Wildman–Crippen LogP) is 0.951. The van der Waals surface area contributed by atoms with Crippen LogP contribution in [0.2, 0.25) is 13.1 Å². The summed E-state index contributed by atoms with van der Waals surface area (Å²) in [5.74, 6) is 0. The molecule has 0 rings (SSSR count). The molecule has 0 saturated carbocycles. The lowest BCUT2D eigenvalue weighted by Crippen LogP contribution is -2.43. The Morgan fingerprint density at radius 3 is 1.22 bits per heavy atom. The average Bonchev–Trinajstić information content (AvgIpc) is 1.65. The Bertz CT molecular complexity index is 133. The molecule has 0 aliphatic carbocycles. The van der Waals surface area contributed by atoms with Crippen LogP contribution in [0, 0.1) is 0 Å². The van der Waals surface area contributed by atoms with Gasteiger partial charge < -0.3 is 9.59 Å². The van der Waals surface area contributed by atoms with Gasteiger partial charge in [0.2, 0.25) is 8.07 Å². The van der Waals surface area contributed by atoms with Gasteiger partial charge in [-0.15, -0.1) is 0 Å². The maximum absolute atomic E-state index is 10.7. The molecule has 0 fully saturated rings. The minimum Gasteiger partial charge on any atom is -0.305 e. The van der Waals surface area contributed by atoms with Crippen LogP contribution in [-0.2, 0) is 9.59 Å². The molecule has 0 amide bonds. The molecule has 0 unspecified atom stereocenters. The van der Waals surface area contributed by atoms with E-state index in [1.807, 2.05) is 0 Å². The van der Waals surface area contributed by atoms with Gasteiger partial charge in [-0.2, -0.15) is 0 Å². The standard InChI is InChI=1S/C6H12O2Si/c1-5(7)9(3,4)6(2)8/h1-4H3. The third kappa shape index (κ3) is 1.75. The van der Waals surface area contributed by atoms with Crippen molar-refractivity contribution in [1.82, 2.24) is 0 Å². The SMILES string of the molecule is CC(=O)[Si](C)(C)C(C)=O. The first-order valence-electron chi connectivity index (χ1n) is 2.91. The maximum atomic E-state index is 10.7. The monoisotopic (exact) mass is 144 g/mol. The van der Waals surface area contributed by atoms with E-state index in [0.717, 1.165) is 0 Å². The van der Waals surface area contributed by atoms with Gasteiger partial charge in [0.15, 0.2) is 0 Å². The van der Waals surface area contributed by atoms with Gasteiger partial charge in [0, 0.05) is 0 Å². The first-order valence-corrected chi connectivity index (χ1v) is 5.91. The Hall–Kier alpha value is -0.443. The average molecular weight is 144 g/mol. The van der Waals surface area contributed by atoms with E-state index in [2.05, 4.69) is 0 Å². The van der Waals surface area contributed by atoms with E-state index in [9.17, 15) is 9.59 Å². The molecule has 9 heavy (non-hydrogen) atoms. The summed E-state index contributed by atoms with van der Waals surface area (Å²) in [5.41, 5.74) is 0. The molecular formula is C6H12O2Si. The van der Waals surface area contributed by atoms with Gasteiger partial charge in [-0.1, -0.05) is 13.1 Å². The summed E-state index contributed by atoms with van der Waals surface area (Å²) < 4.78 is 0. The molecule has 0 N–H and O–H groups in total. The molecule has 2 nitrogen and oxygen atoms in total. The second-order valence-corrected chi connectivity index (χ2v) is 7.40. The zero-order valence-electron chi connectivity index (χ0n) is 6.32. The van der Waals surface area contributed by atoms with Crippen molar-refractivity contribution in [3.05, 3.63) is 0 Å². The number of hydrogen-bond acceptors (Lipinski definition) is 2. The van der Waals surface area contributed by atoms with E-state index >= 15 is 0 Å². The van der Waals surface area contributed by atoms with Crippen LogP contribution in [0.5, 0.6) is 0 Å². The third-order valence-electron chi connectivity index (χ3n) is 1.76. The van der Waals surface area contributed by atoms with Crippen LogP contribution < -0.4 is 0 Å². The van der Waals surface area contributed by atoms with E-state index in [1.54, 1.807) is 13.1 Å². The van der Waals surface area contributed by atoms with Gasteiger partial charge in [-0.25, -0.2) is 0 Å². The molecule has 3 heteroatoms. The molecule has 52 valence electrons. The quantitative estimate of drug-likeness (QED) is 0.541. The van der Waals surface area contributed by atoms with Crippen molar-refractivity contribution in [1.29, 1.82) is 0 Å². The summed E-state index contributed by atoms with van der Waals surface area (Å²) >= 11 is 0. The highest BCUT2D eigenvalue weighted by Crippen LogP contribution is 2.03. The van der Waals surface area contributed by atoms with Crippen LogP contribution in [-0.4, -0.2) is 18.9 Å². The van der Waals surface area contributed by atoms with Crippen LogP contribution >= 0.6 is 0 Å². The summed E-state index contributed by atoms with van der Waals surface area (Å²) in [6.45, 7) is 6.54. The van der Waals surface area contributed by atoms with E-state index < -0.39 is 8.07 Å². The number of rotatable bonds is 2. The second-order valence-electron chi connectivity index (χ2n) is 2.74. The second kappa shape index (κ2) is 2.43. The molecule has 0 saturated heterocycles. The van der Waals surface area contributed by atoms with E-state index in [1.165, 1.54) is 13.8 Å². The van der Waals surface area contributed by atoms with E-state index in [4.69, 9.17) is 0 Å². The van der Waals surface area contributed by atoms with Gasteiger partial charge in [0.05, 0.1) is 0 Å². The van der Waals surface area contributed by atoms with Gasteiger partial charge in [-0.3, -0.25) is 0 Å². The maximum Gasteiger partial charge on any atom is 0.201 e. The van der Waals surface area contributed by atoms with Crippen molar-refractivity contribution in [3.63, 3.8) is 0 Å². The van der Waals surface area contributed by atoms with Gasteiger partial charge >= 0.3 is 0 Å². The van der Waals surface area contributed by atoms with Crippen molar-refractivity contribution < 1.29 is 9.59 Å². The zero-order valence-corrected chi connectivity index (χ0v) is 7.32. The largest absolute Gasteiger partial charge is 0.305 e. The first kappa shape index (κ1) is 8.56. The van der Waals surface area contributed by atoms with Crippen LogP contribution in [0.3, 0.4) is 0 Å². The molecule has 0 aromatic carbocycles. The smallest absolute Gasteiger partial charge is 0.201 e. The molecule has 0 atom stereocenters. The fourth-order valence-electron chi connectivity index (χ4n) is 0.248. The van der Waals surface area contributed by atoms with Crippen molar-refractivity contribution in [2.75, 3.05) is 0 Å². The van der Waals surface area contributed by atoms with Crippen LogP contribution in [0.1, 0.15) is 13.8 Å². The molecule has 0 aliphatic heterocycles. The van der Waals surface area contributed by atoms with E-state index in [0.29, 0.717) is 0 Å². The Labute approximate surface area is 56.3 Å². The Morgan fingerprint density at radius 2 is 1.22 bits per heavy atom. The minimum absolute atomic E-state index is 0.0648. The third-order valence-corrected chi connectivity index (χ3v) is 5.28. The van der Waals surface area contributed by atoms with Crippen molar-refractivity contribution in [3.8, 4) is 0 Å². The predicted molar refractivity (Wildman–Crippen MR) is 38.8 cm³/mol. The molecule has 0 bridgehead atoms. The highest BCUT2D eigenvalue weighted by Gasteiger charge is 2.32. The Balaban J connectivity index is 4.38. The Kier molecular flexibility index (Phi) is 2.31. The summed E-state index contributed by atoms with van der Waals surface area (Å²) in [5, 5.41) is 0.130. The molecule has 0 heterocycles. The molecule has 0 radical (unpaired) electrons. The topological polar surface area (TPSA) is 34.1 Å². The summed E-state index contributed by atoms with van der Waals surface area (Å²) in [6.07, 6.45) is 0. The number of carbonyl (C=O) groups excluding carboxylic acids is 2. The summed E-state index contributed by atoms with van der Waals surface area (Å²) in [4.78, 5) is 21.5. The number of carbonyl (C=O) groups is 2. The van der Waals surface area contributed by atoms with Crippen LogP contribution in [0.15, 0.2) is 0 Å². The van der Waals surface area contributed by atoms with Crippen molar-refractivity contribution >= 4 is 18.9 Å². The summed E-state index contributed by atoms with van der Waals surface area (Å²) in [7, 11) is -2.14. The van der Waals surface area contributed by atoms with Gasteiger partial charge in [0.1, 0.15) is 10.8 Å². The van der Waals surface area contributed by atoms with Crippen LogP contribution in [0.4, 0.5) is 0 Å². The summed E-state index contributed by atoms with van der Waals surface area (Å²) in [6, 6.07) is 0. The molecule has 0 aliphatic rings. The Morgan fingerprint density at radius 1 is 1.00 bits per heavy atom. The number of hydrogen-bond donors (Lipinski definition) is 0. The minimum atomic E-state index is -2.14. The molecular weight excluding hydrogens is 132 g/mol. The van der Waals surface area contributed by atoms with Gasteiger partial charge in [0.25, 0.3) is 0 Å². The normalized spacial score (nSPS) is 11.1. The van der Waals surface area contributed by atoms with Gasteiger partial charge in [-0.05, 0) is 13.8 Å². The molecule has 0 aromatic heterocycles. The van der Waals surface area contributed by atoms with E-state index in [-0.39, 0.29) is 10.8 Å². The lowest BCUT2D eigenvalue weighted by Gasteiger charge is -2.12. The van der Waals surface area contributed by atoms with Crippen molar-refractivity contribution in [2.45, 2.75) is 26.9 Å². The lowest BCUT2D eigenvalue weighted by atomic mass is 10.9. The molecule has 0 aromatic rings. The fraction of sp³-hybridized carbons (Fsp3) is 0.667. The van der Waals surface area contributed by atoms with Crippen molar-refractivity contribution in [2.24, 2.45) is 0 Å². The molecule has 0 spiro atoms. The highest BCUT2D eigenvalue weighted by atomic mass is 28.3. The van der Waals surface area contributed by atoms with Crippen LogP contribution in [0.25, 0.3) is 0 Å². The first-order chi connectivity index (χ1) is 3.89. The highest BCUT2D eigenvalue weighted by molar-refractivity contribution is 7.23.